The van der Waals surface area contributed by atoms with Crippen LogP contribution in [0.5, 0.6) is 0 Å². The molecule has 4 heteroatoms. The van der Waals surface area contributed by atoms with Crippen LogP contribution in [0, 0.1) is 19.7 Å². The Labute approximate surface area is 122 Å². The van der Waals surface area contributed by atoms with Crippen molar-refractivity contribution in [2.24, 2.45) is 0 Å². The van der Waals surface area contributed by atoms with E-state index in [-0.39, 0.29) is 11.4 Å². The van der Waals surface area contributed by atoms with Crippen LogP contribution in [0.15, 0.2) is 36.4 Å². The van der Waals surface area contributed by atoms with Crippen LogP contribution in [0.4, 0.5) is 13.2 Å². The van der Waals surface area contributed by atoms with E-state index >= 15 is 0 Å². The van der Waals surface area contributed by atoms with Gasteiger partial charge in [0.2, 0.25) is 0 Å². The molecule has 2 aromatic carbocycles. The maximum Gasteiger partial charge on any atom is 0.263 e. The molecule has 0 saturated carbocycles. The van der Waals surface area contributed by atoms with E-state index in [4.69, 9.17) is 0 Å². The molecule has 2 rings (SSSR count). The number of hydrogen-bond donors (Lipinski definition) is 1. The van der Waals surface area contributed by atoms with Gasteiger partial charge in [-0.05, 0) is 42.2 Å². The molecule has 0 aliphatic heterocycles. The Morgan fingerprint density at radius 3 is 2.19 bits per heavy atom. The van der Waals surface area contributed by atoms with Crippen molar-refractivity contribution in [1.29, 1.82) is 0 Å². The SMILES string of the molecule is Cc1cc(CNCc2cccc(C(F)F)c2)cc(C)c1F. The smallest absolute Gasteiger partial charge is 0.263 e. The predicted molar refractivity (Wildman–Crippen MR) is 77.8 cm³/mol. The van der Waals surface area contributed by atoms with Gasteiger partial charge in [-0.1, -0.05) is 30.3 Å². The van der Waals surface area contributed by atoms with E-state index in [1.807, 2.05) is 0 Å². The van der Waals surface area contributed by atoms with Crippen LogP contribution in [0.1, 0.15) is 34.2 Å². The molecule has 0 heterocycles. The normalized spacial score (nSPS) is 11.1. The first-order valence-electron chi connectivity index (χ1n) is 6.80. The molecule has 0 saturated heterocycles. The summed E-state index contributed by atoms with van der Waals surface area (Å²) in [6.45, 7) is 4.53. The molecule has 0 aromatic heterocycles. The zero-order valence-corrected chi connectivity index (χ0v) is 12.1. The average molecular weight is 293 g/mol. The van der Waals surface area contributed by atoms with Crippen LogP contribution in [-0.4, -0.2) is 0 Å². The Hall–Kier alpha value is -1.81. The third-order valence-corrected chi connectivity index (χ3v) is 3.36. The molecular weight excluding hydrogens is 275 g/mol. The Balaban J connectivity index is 1.97. The highest BCUT2D eigenvalue weighted by atomic mass is 19.3. The summed E-state index contributed by atoms with van der Waals surface area (Å²) in [6.07, 6.45) is -2.45. The quantitative estimate of drug-likeness (QED) is 0.844. The van der Waals surface area contributed by atoms with E-state index < -0.39 is 6.43 Å². The topological polar surface area (TPSA) is 12.0 Å². The standard InChI is InChI=1S/C17H18F3N/c1-11-6-14(7-12(2)16(11)18)10-21-9-13-4-3-5-15(8-13)17(19)20/h3-8,17,21H,9-10H2,1-2H3. The minimum absolute atomic E-state index is 0.0303. The monoisotopic (exact) mass is 293 g/mol. The number of nitrogens with one attached hydrogen (secondary N) is 1. The summed E-state index contributed by atoms with van der Waals surface area (Å²) >= 11 is 0. The van der Waals surface area contributed by atoms with E-state index in [2.05, 4.69) is 5.32 Å². The van der Waals surface area contributed by atoms with Crippen LogP contribution < -0.4 is 5.32 Å². The van der Waals surface area contributed by atoms with Crippen LogP contribution in [0.3, 0.4) is 0 Å². The number of benzene rings is 2. The summed E-state index contributed by atoms with van der Waals surface area (Å²) in [5.41, 5.74) is 3.06. The van der Waals surface area contributed by atoms with Gasteiger partial charge in [0.15, 0.2) is 0 Å². The van der Waals surface area contributed by atoms with E-state index in [1.165, 1.54) is 12.1 Å². The molecule has 0 aliphatic rings. The Morgan fingerprint density at radius 1 is 0.952 bits per heavy atom. The minimum Gasteiger partial charge on any atom is -0.309 e. The van der Waals surface area contributed by atoms with Crippen LogP contribution in [0.2, 0.25) is 0 Å². The van der Waals surface area contributed by atoms with Crippen LogP contribution in [-0.2, 0) is 13.1 Å². The summed E-state index contributed by atoms with van der Waals surface area (Å²) in [4.78, 5) is 0. The second-order valence-electron chi connectivity index (χ2n) is 5.19. The van der Waals surface area contributed by atoms with Crippen molar-refractivity contribution in [1.82, 2.24) is 5.32 Å². The van der Waals surface area contributed by atoms with Gasteiger partial charge in [-0.3, -0.25) is 0 Å². The lowest BCUT2D eigenvalue weighted by Crippen LogP contribution is -2.13. The average Bonchev–Trinajstić information content (AvgIpc) is 2.45. The van der Waals surface area contributed by atoms with Crippen molar-refractivity contribution in [2.45, 2.75) is 33.4 Å². The Morgan fingerprint density at radius 2 is 1.57 bits per heavy atom. The molecule has 0 unspecified atom stereocenters. The molecule has 0 atom stereocenters. The Bertz CT molecular complexity index is 600. The molecule has 0 radical (unpaired) electrons. The van der Waals surface area contributed by atoms with Gasteiger partial charge >= 0.3 is 0 Å². The fraction of sp³-hybridized carbons (Fsp3) is 0.294. The lowest BCUT2D eigenvalue weighted by molar-refractivity contribution is 0.151. The first kappa shape index (κ1) is 15.6. The third-order valence-electron chi connectivity index (χ3n) is 3.36. The van der Waals surface area contributed by atoms with Gasteiger partial charge in [0.05, 0.1) is 0 Å². The van der Waals surface area contributed by atoms with Crippen molar-refractivity contribution in [3.8, 4) is 0 Å². The van der Waals surface area contributed by atoms with Crippen molar-refractivity contribution in [3.05, 3.63) is 70.0 Å². The van der Waals surface area contributed by atoms with E-state index in [0.717, 1.165) is 11.1 Å². The first-order chi connectivity index (χ1) is 9.97. The second kappa shape index (κ2) is 6.76. The minimum atomic E-state index is -2.45. The summed E-state index contributed by atoms with van der Waals surface area (Å²) in [7, 11) is 0. The van der Waals surface area contributed by atoms with Gasteiger partial charge in [-0.25, -0.2) is 13.2 Å². The second-order valence-corrected chi connectivity index (χ2v) is 5.19. The van der Waals surface area contributed by atoms with Crippen LogP contribution >= 0.6 is 0 Å². The summed E-state index contributed by atoms with van der Waals surface area (Å²) in [5, 5.41) is 3.19. The maximum absolute atomic E-state index is 13.5. The summed E-state index contributed by atoms with van der Waals surface area (Å²) < 4.78 is 38.7. The van der Waals surface area contributed by atoms with E-state index in [1.54, 1.807) is 38.1 Å². The van der Waals surface area contributed by atoms with Gasteiger partial charge < -0.3 is 5.32 Å². The molecule has 0 aliphatic carbocycles. The molecule has 21 heavy (non-hydrogen) atoms. The lowest BCUT2D eigenvalue weighted by Gasteiger charge is -2.09. The predicted octanol–water partition coefficient (Wildman–Crippen LogP) is 4.67. The fourth-order valence-corrected chi connectivity index (χ4v) is 2.33. The molecule has 0 amide bonds. The molecule has 0 bridgehead atoms. The van der Waals surface area contributed by atoms with Gasteiger partial charge in [0, 0.05) is 18.7 Å². The maximum atomic E-state index is 13.5. The van der Waals surface area contributed by atoms with Crippen LogP contribution in [0.25, 0.3) is 0 Å². The number of alkyl halides is 2. The first-order valence-corrected chi connectivity index (χ1v) is 6.80. The van der Waals surface area contributed by atoms with Gasteiger partial charge in [0.25, 0.3) is 6.43 Å². The molecule has 1 N–H and O–H groups in total. The van der Waals surface area contributed by atoms with Gasteiger partial charge in [0.1, 0.15) is 5.82 Å². The molecule has 1 nitrogen and oxygen atoms in total. The Kier molecular flexibility index (Phi) is 5.02. The zero-order valence-electron chi connectivity index (χ0n) is 12.1. The number of halogens is 3. The molecule has 0 fully saturated rings. The molecule has 112 valence electrons. The van der Waals surface area contributed by atoms with E-state index in [9.17, 15) is 13.2 Å². The van der Waals surface area contributed by atoms with Gasteiger partial charge in [-0.15, -0.1) is 0 Å². The highest BCUT2D eigenvalue weighted by molar-refractivity contribution is 5.30. The fourth-order valence-electron chi connectivity index (χ4n) is 2.33. The molecule has 0 spiro atoms. The molecule has 2 aromatic rings. The summed E-state index contributed by atoms with van der Waals surface area (Å²) in [5.74, 6) is -0.177. The van der Waals surface area contributed by atoms with Crippen molar-refractivity contribution in [2.75, 3.05) is 0 Å². The highest BCUT2D eigenvalue weighted by Gasteiger charge is 2.07. The zero-order chi connectivity index (χ0) is 15.4. The lowest BCUT2D eigenvalue weighted by atomic mass is 10.1. The third kappa shape index (κ3) is 4.08. The number of rotatable bonds is 5. The van der Waals surface area contributed by atoms with E-state index in [0.29, 0.717) is 24.2 Å². The van der Waals surface area contributed by atoms with Gasteiger partial charge in [-0.2, -0.15) is 0 Å². The highest BCUT2D eigenvalue weighted by Crippen LogP contribution is 2.19. The number of aryl methyl sites for hydroxylation is 2. The molecular formula is C17H18F3N. The van der Waals surface area contributed by atoms with Crippen molar-refractivity contribution in [3.63, 3.8) is 0 Å². The van der Waals surface area contributed by atoms with Crippen molar-refractivity contribution < 1.29 is 13.2 Å². The van der Waals surface area contributed by atoms with Crippen molar-refractivity contribution >= 4 is 0 Å². The number of hydrogen-bond acceptors (Lipinski definition) is 1. The largest absolute Gasteiger partial charge is 0.309 e. The summed E-state index contributed by atoms with van der Waals surface area (Å²) in [6, 6.07) is 9.94.